The fourth-order valence-electron chi connectivity index (χ4n) is 1.52. The largest absolute Gasteiger partial charge is 0.103 e. The van der Waals surface area contributed by atoms with E-state index in [1.807, 2.05) is 0 Å². The molecular formula is C13H26. The molecule has 0 aliphatic rings. The quantitative estimate of drug-likeness (QED) is 0.351. The second kappa shape index (κ2) is 9.83. The van der Waals surface area contributed by atoms with Gasteiger partial charge in [0.15, 0.2) is 0 Å². The fourth-order valence-corrected chi connectivity index (χ4v) is 1.52. The molecule has 0 nitrogen and oxygen atoms in total. The Morgan fingerprint density at radius 2 is 2.00 bits per heavy atom. The van der Waals surface area contributed by atoms with Gasteiger partial charge in [0, 0.05) is 1.37 Å². The number of hydrogen-bond donors (Lipinski definition) is 0. The van der Waals surface area contributed by atoms with E-state index in [2.05, 4.69) is 13.5 Å². The first-order valence-electron chi connectivity index (χ1n) is 6.87. The van der Waals surface area contributed by atoms with Gasteiger partial charge in [0.25, 0.3) is 0 Å². The van der Waals surface area contributed by atoms with Crippen molar-refractivity contribution < 1.29 is 2.74 Å². The Hall–Kier alpha value is -0.260. The minimum absolute atomic E-state index is 0.272. The molecule has 78 valence electrons. The molecule has 0 heterocycles. The number of unbranched alkanes of at least 4 members (excludes halogenated alkanes) is 5. The van der Waals surface area contributed by atoms with E-state index >= 15 is 0 Å². The minimum atomic E-state index is 0.272. The summed E-state index contributed by atoms with van der Waals surface area (Å²) in [5.41, 5.74) is 0. The van der Waals surface area contributed by atoms with Crippen molar-refractivity contribution in [3.63, 3.8) is 0 Å². The van der Waals surface area contributed by atoms with Gasteiger partial charge in [-0.2, -0.15) is 0 Å². The third-order valence-corrected chi connectivity index (χ3v) is 2.54. The van der Waals surface area contributed by atoms with Gasteiger partial charge in [0.1, 0.15) is 0 Å². The van der Waals surface area contributed by atoms with Crippen molar-refractivity contribution in [2.75, 3.05) is 0 Å². The molecule has 0 aromatic carbocycles. The predicted molar refractivity (Wildman–Crippen MR) is 62.0 cm³/mol. The van der Waals surface area contributed by atoms with E-state index in [0.29, 0.717) is 13.0 Å². The molecule has 1 atom stereocenters. The van der Waals surface area contributed by atoms with E-state index in [1.165, 1.54) is 38.5 Å². The molecule has 0 saturated heterocycles. The molecule has 0 aromatic heterocycles. The Balaban J connectivity index is 3.41. The van der Waals surface area contributed by atoms with Crippen LogP contribution in [0.15, 0.2) is 12.6 Å². The molecule has 0 aliphatic heterocycles. The third kappa shape index (κ3) is 8.08. The average molecular weight is 184 g/mol. The van der Waals surface area contributed by atoms with Crippen LogP contribution >= 0.6 is 0 Å². The summed E-state index contributed by atoms with van der Waals surface area (Å²) in [6.07, 6.45) is 9.68. The Bertz CT molecular complexity index is 155. The monoisotopic (exact) mass is 184 g/mol. The minimum Gasteiger partial charge on any atom is -0.103 e. The molecule has 0 radical (unpaired) electrons. The standard InChI is InChI=1S/C13H26/c1-4-7-8-9-10-11-12-13(5-2)6-3/h5,13H,2,4,6-12H2,1,3H3/i3D,5D. The van der Waals surface area contributed by atoms with Crippen molar-refractivity contribution >= 4 is 0 Å². The molecule has 0 aromatic rings. The molecule has 0 rings (SSSR count). The lowest BCUT2D eigenvalue weighted by atomic mass is 9.98. The van der Waals surface area contributed by atoms with Crippen LogP contribution in [0.2, 0.25) is 0 Å². The van der Waals surface area contributed by atoms with Gasteiger partial charge < -0.3 is 0 Å². The lowest BCUT2D eigenvalue weighted by Gasteiger charge is -2.08. The van der Waals surface area contributed by atoms with E-state index in [0.717, 1.165) is 12.8 Å². The van der Waals surface area contributed by atoms with Gasteiger partial charge in [-0.15, -0.1) is 6.58 Å². The van der Waals surface area contributed by atoms with Crippen molar-refractivity contribution in [1.29, 1.82) is 0 Å². The highest BCUT2D eigenvalue weighted by Gasteiger charge is 1.99. The van der Waals surface area contributed by atoms with Crippen molar-refractivity contribution in [2.24, 2.45) is 5.92 Å². The normalized spacial score (nSPS) is 14.8. The van der Waals surface area contributed by atoms with Gasteiger partial charge in [-0.05, 0) is 18.8 Å². The van der Waals surface area contributed by atoms with Crippen LogP contribution in [-0.2, 0) is 0 Å². The summed E-state index contributed by atoms with van der Waals surface area (Å²) in [5, 5.41) is 0. The molecule has 0 amide bonds. The zero-order valence-corrected chi connectivity index (χ0v) is 9.15. The second-order valence-electron chi connectivity index (χ2n) is 3.75. The van der Waals surface area contributed by atoms with E-state index in [4.69, 9.17) is 2.74 Å². The Labute approximate surface area is 87.2 Å². The maximum Gasteiger partial charge on any atom is 0.0573 e. The number of allylic oxidation sites excluding steroid dienone is 1. The van der Waals surface area contributed by atoms with Crippen molar-refractivity contribution in [1.82, 2.24) is 0 Å². The van der Waals surface area contributed by atoms with Crippen LogP contribution in [0.4, 0.5) is 0 Å². The average Bonchev–Trinajstić information content (AvgIpc) is 2.21. The lowest BCUT2D eigenvalue weighted by molar-refractivity contribution is 0.509. The summed E-state index contributed by atoms with van der Waals surface area (Å²) in [5.74, 6) is 0.272. The SMILES string of the molecule is [2H]CCC(CCCCCCCC)C([2H])=C. The summed E-state index contributed by atoms with van der Waals surface area (Å²) in [6.45, 7) is 6.35. The summed E-state index contributed by atoms with van der Waals surface area (Å²) in [4.78, 5) is 0. The first kappa shape index (κ1) is 9.30. The van der Waals surface area contributed by atoms with Crippen molar-refractivity contribution in [3.05, 3.63) is 12.6 Å². The van der Waals surface area contributed by atoms with Crippen LogP contribution in [0.5, 0.6) is 0 Å². The van der Waals surface area contributed by atoms with Crippen LogP contribution in [0.1, 0.15) is 67.9 Å². The van der Waals surface area contributed by atoms with Crippen LogP contribution in [0.3, 0.4) is 0 Å². The fraction of sp³-hybridized carbons (Fsp3) is 0.846. The van der Waals surface area contributed by atoms with Crippen LogP contribution in [0.25, 0.3) is 0 Å². The molecule has 1 unspecified atom stereocenters. The first-order valence-corrected chi connectivity index (χ1v) is 5.67. The Kier molecular flexibility index (Phi) is 7.03. The Morgan fingerprint density at radius 1 is 1.31 bits per heavy atom. The maximum atomic E-state index is 7.51. The smallest absolute Gasteiger partial charge is 0.0573 e. The van der Waals surface area contributed by atoms with E-state index < -0.39 is 0 Å². The van der Waals surface area contributed by atoms with Crippen LogP contribution in [-0.4, -0.2) is 0 Å². The molecule has 0 N–H and O–H groups in total. The van der Waals surface area contributed by atoms with Crippen LogP contribution < -0.4 is 0 Å². The van der Waals surface area contributed by atoms with Gasteiger partial charge in [0.2, 0.25) is 0 Å². The van der Waals surface area contributed by atoms with Crippen molar-refractivity contribution in [3.8, 4) is 0 Å². The summed E-state index contributed by atoms with van der Waals surface area (Å²) < 4.78 is 14.7. The molecule has 0 bridgehead atoms. The zero-order chi connectivity index (χ0) is 11.5. The van der Waals surface area contributed by atoms with E-state index in [9.17, 15) is 0 Å². The molecule has 13 heavy (non-hydrogen) atoms. The zero-order valence-electron chi connectivity index (χ0n) is 11.1. The van der Waals surface area contributed by atoms with Gasteiger partial charge in [0.05, 0.1) is 1.37 Å². The highest BCUT2D eigenvalue weighted by atomic mass is 14.0. The summed E-state index contributed by atoms with van der Waals surface area (Å²) in [7, 11) is 0. The van der Waals surface area contributed by atoms with Crippen molar-refractivity contribution in [2.45, 2.75) is 65.2 Å². The number of hydrogen-bond acceptors (Lipinski definition) is 0. The second-order valence-corrected chi connectivity index (χ2v) is 3.75. The summed E-state index contributed by atoms with van der Waals surface area (Å²) >= 11 is 0. The van der Waals surface area contributed by atoms with Gasteiger partial charge in [-0.1, -0.05) is 58.4 Å². The molecular weight excluding hydrogens is 156 g/mol. The third-order valence-electron chi connectivity index (χ3n) is 2.54. The maximum absolute atomic E-state index is 7.51. The lowest BCUT2D eigenvalue weighted by Crippen LogP contribution is -1.93. The highest BCUT2D eigenvalue weighted by molar-refractivity contribution is 4.77. The van der Waals surface area contributed by atoms with Gasteiger partial charge in [-0.3, -0.25) is 0 Å². The van der Waals surface area contributed by atoms with E-state index in [1.54, 1.807) is 0 Å². The molecule has 0 fully saturated rings. The van der Waals surface area contributed by atoms with Gasteiger partial charge >= 0.3 is 0 Å². The summed E-state index contributed by atoms with van der Waals surface area (Å²) in [6, 6.07) is 0.524. The topological polar surface area (TPSA) is 0 Å². The predicted octanol–water partition coefficient (Wildman–Crippen LogP) is 4.95. The molecule has 0 saturated carbocycles. The van der Waals surface area contributed by atoms with Crippen LogP contribution in [0, 0.1) is 5.92 Å². The molecule has 0 heteroatoms. The number of rotatable bonds is 9. The first-order chi connectivity index (χ1) is 7.22. The molecule has 0 aliphatic carbocycles. The Morgan fingerprint density at radius 3 is 2.62 bits per heavy atom. The highest BCUT2D eigenvalue weighted by Crippen LogP contribution is 2.15. The molecule has 0 spiro atoms. The van der Waals surface area contributed by atoms with E-state index in [-0.39, 0.29) is 5.92 Å². The van der Waals surface area contributed by atoms with Gasteiger partial charge in [-0.25, -0.2) is 0 Å².